The van der Waals surface area contributed by atoms with Crippen molar-refractivity contribution in [2.45, 2.75) is 78.2 Å². The van der Waals surface area contributed by atoms with Gasteiger partial charge in [0, 0.05) is 13.0 Å². The number of benzene rings is 1. The molecule has 0 aliphatic rings. The predicted octanol–water partition coefficient (Wildman–Crippen LogP) is 3.96. The zero-order valence-corrected chi connectivity index (χ0v) is 20.2. The van der Waals surface area contributed by atoms with Crippen LogP contribution in [0.15, 0.2) is 36.4 Å². The molecule has 8 nitrogen and oxygen atoms in total. The van der Waals surface area contributed by atoms with E-state index in [4.69, 9.17) is 18.9 Å². The zero-order chi connectivity index (χ0) is 24.5. The van der Waals surface area contributed by atoms with Gasteiger partial charge in [0.15, 0.2) is 0 Å². The van der Waals surface area contributed by atoms with Gasteiger partial charge in [-0.15, -0.1) is 0 Å². The van der Waals surface area contributed by atoms with Crippen molar-refractivity contribution in [1.82, 2.24) is 5.32 Å². The molecule has 32 heavy (non-hydrogen) atoms. The zero-order valence-electron chi connectivity index (χ0n) is 20.2. The molecule has 0 unspecified atom stereocenters. The molecule has 1 aromatic carbocycles. The summed E-state index contributed by atoms with van der Waals surface area (Å²) in [4.78, 5) is 36.4. The number of nitrogens with one attached hydrogen (secondary N) is 1. The molecule has 2 atom stereocenters. The summed E-state index contributed by atoms with van der Waals surface area (Å²) < 4.78 is 21.2. The van der Waals surface area contributed by atoms with Crippen LogP contribution in [0.2, 0.25) is 0 Å². The number of amides is 1. The summed E-state index contributed by atoms with van der Waals surface area (Å²) in [6.45, 7) is 11.7. The number of hydrogen-bond donors (Lipinski definition) is 1. The largest absolute Gasteiger partial charge is 0.497 e. The topological polar surface area (TPSA) is 100 Å². The molecule has 0 radical (unpaired) electrons. The molecule has 0 spiro atoms. The van der Waals surface area contributed by atoms with E-state index in [1.165, 1.54) is 19.1 Å². The lowest BCUT2D eigenvalue weighted by atomic mass is 10.0. The Hall–Kier alpha value is -3.03. The van der Waals surface area contributed by atoms with E-state index in [1.54, 1.807) is 60.8 Å². The molecule has 1 rings (SSSR count). The van der Waals surface area contributed by atoms with Crippen molar-refractivity contribution in [3.63, 3.8) is 0 Å². The third-order valence-corrected chi connectivity index (χ3v) is 3.84. The SMILES string of the molecule is COc1ccc(C[C@@H](NC(=O)OC(C)(C)C)[C@@H](/C=C/C(=O)OC(C)(C)C)OC(C)=O)cc1. The summed E-state index contributed by atoms with van der Waals surface area (Å²) in [5, 5.41) is 2.76. The fraction of sp³-hybridized carbons (Fsp3) is 0.542. The van der Waals surface area contributed by atoms with Gasteiger partial charge < -0.3 is 24.3 Å². The molecular formula is C24H35NO7. The van der Waals surface area contributed by atoms with Gasteiger partial charge in [0.25, 0.3) is 0 Å². The maximum absolute atomic E-state index is 12.5. The Morgan fingerprint density at radius 1 is 0.969 bits per heavy atom. The fourth-order valence-electron chi connectivity index (χ4n) is 2.68. The first kappa shape index (κ1) is 27.0. The lowest BCUT2D eigenvalue weighted by Crippen LogP contribution is -2.47. The maximum atomic E-state index is 12.5. The number of esters is 2. The van der Waals surface area contributed by atoms with Gasteiger partial charge in [-0.1, -0.05) is 12.1 Å². The van der Waals surface area contributed by atoms with Crippen LogP contribution >= 0.6 is 0 Å². The van der Waals surface area contributed by atoms with E-state index in [0.29, 0.717) is 12.2 Å². The second-order valence-electron chi connectivity index (χ2n) is 9.27. The van der Waals surface area contributed by atoms with Gasteiger partial charge >= 0.3 is 18.0 Å². The highest BCUT2D eigenvalue weighted by atomic mass is 16.6. The smallest absolute Gasteiger partial charge is 0.408 e. The molecule has 0 saturated carbocycles. The van der Waals surface area contributed by atoms with E-state index in [1.807, 2.05) is 12.1 Å². The van der Waals surface area contributed by atoms with Crippen LogP contribution in [-0.2, 0) is 30.2 Å². The van der Waals surface area contributed by atoms with E-state index in [0.717, 1.165) is 5.56 Å². The van der Waals surface area contributed by atoms with E-state index < -0.39 is 41.4 Å². The molecule has 0 saturated heterocycles. The van der Waals surface area contributed by atoms with Crippen LogP contribution in [0.5, 0.6) is 5.75 Å². The number of carbonyl (C=O) groups is 3. The first-order valence-corrected chi connectivity index (χ1v) is 10.4. The molecule has 0 aromatic heterocycles. The molecule has 1 aromatic rings. The minimum atomic E-state index is -0.936. The number of methoxy groups -OCH3 is 1. The van der Waals surface area contributed by atoms with E-state index >= 15 is 0 Å². The van der Waals surface area contributed by atoms with Gasteiger partial charge in [-0.25, -0.2) is 9.59 Å². The highest BCUT2D eigenvalue weighted by Gasteiger charge is 2.27. The number of carbonyl (C=O) groups excluding carboxylic acids is 3. The minimum absolute atomic E-state index is 0.305. The Bertz CT molecular complexity index is 801. The van der Waals surface area contributed by atoms with Gasteiger partial charge in [-0.2, -0.15) is 0 Å². The molecule has 8 heteroatoms. The Morgan fingerprint density at radius 2 is 1.53 bits per heavy atom. The highest BCUT2D eigenvalue weighted by molar-refractivity contribution is 5.82. The number of ether oxygens (including phenoxy) is 4. The van der Waals surface area contributed by atoms with Crippen molar-refractivity contribution >= 4 is 18.0 Å². The molecule has 1 N–H and O–H groups in total. The Balaban J connectivity index is 3.17. The third-order valence-electron chi connectivity index (χ3n) is 3.84. The van der Waals surface area contributed by atoms with Gasteiger partial charge in [0.2, 0.25) is 0 Å². The summed E-state index contributed by atoms with van der Waals surface area (Å²) in [5.41, 5.74) is -0.525. The van der Waals surface area contributed by atoms with Crippen LogP contribution < -0.4 is 10.1 Å². The van der Waals surface area contributed by atoms with Crippen molar-refractivity contribution in [1.29, 1.82) is 0 Å². The molecule has 0 bridgehead atoms. The Morgan fingerprint density at radius 3 is 2.00 bits per heavy atom. The standard InChI is InChI=1S/C24H35NO7/c1-16(26)30-20(13-14-21(27)31-23(2,3)4)19(25-22(28)32-24(5,6)7)15-17-9-11-18(29-8)12-10-17/h9-14,19-20H,15H2,1-8H3,(H,25,28)/b14-13+/t19-,20-/m1/s1. The average molecular weight is 450 g/mol. The van der Waals surface area contributed by atoms with Crippen molar-refractivity contribution in [2.24, 2.45) is 0 Å². The van der Waals surface area contributed by atoms with Crippen molar-refractivity contribution in [2.75, 3.05) is 7.11 Å². The van der Waals surface area contributed by atoms with E-state index in [2.05, 4.69) is 5.32 Å². The summed E-state index contributed by atoms with van der Waals surface area (Å²) >= 11 is 0. The quantitative estimate of drug-likeness (QED) is 0.364. The molecule has 1 amide bonds. The number of alkyl carbamates (subject to hydrolysis) is 1. The van der Waals surface area contributed by atoms with Crippen molar-refractivity contribution < 1.29 is 33.3 Å². The predicted molar refractivity (Wildman–Crippen MR) is 120 cm³/mol. The summed E-state index contributed by atoms with van der Waals surface area (Å²) in [6.07, 6.45) is 1.30. The fourth-order valence-corrected chi connectivity index (χ4v) is 2.68. The summed E-state index contributed by atoms with van der Waals surface area (Å²) in [5.74, 6) is -0.462. The number of hydrogen-bond acceptors (Lipinski definition) is 7. The lowest BCUT2D eigenvalue weighted by Gasteiger charge is -2.28. The Labute approximate surface area is 190 Å². The van der Waals surface area contributed by atoms with Crippen molar-refractivity contribution in [3.05, 3.63) is 42.0 Å². The van der Waals surface area contributed by atoms with E-state index in [-0.39, 0.29) is 0 Å². The average Bonchev–Trinajstić information content (AvgIpc) is 2.62. The molecule has 178 valence electrons. The third kappa shape index (κ3) is 11.4. The summed E-state index contributed by atoms with van der Waals surface area (Å²) in [7, 11) is 1.57. The molecule has 0 aliphatic heterocycles. The van der Waals surface area contributed by atoms with Crippen molar-refractivity contribution in [3.8, 4) is 5.75 Å². The van der Waals surface area contributed by atoms with Crippen LogP contribution in [0.1, 0.15) is 54.0 Å². The summed E-state index contributed by atoms with van der Waals surface area (Å²) in [6, 6.07) is 6.55. The number of rotatable bonds is 8. The van der Waals surface area contributed by atoms with Crippen LogP contribution in [-0.4, -0.2) is 48.5 Å². The minimum Gasteiger partial charge on any atom is -0.497 e. The van der Waals surface area contributed by atoms with Gasteiger partial charge in [0.05, 0.1) is 13.2 Å². The second kappa shape index (κ2) is 11.5. The van der Waals surface area contributed by atoms with Gasteiger partial charge in [-0.05, 0) is 71.7 Å². The lowest BCUT2D eigenvalue weighted by molar-refractivity contribution is -0.149. The van der Waals surface area contributed by atoms with Crippen LogP contribution in [0.4, 0.5) is 4.79 Å². The molecule has 0 fully saturated rings. The highest BCUT2D eigenvalue weighted by Crippen LogP contribution is 2.17. The van der Waals surface area contributed by atoms with Crippen LogP contribution in [0.25, 0.3) is 0 Å². The first-order chi connectivity index (χ1) is 14.7. The maximum Gasteiger partial charge on any atom is 0.408 e. The van der Waals surface area contributed by atoms with E-state index in [9.17, 15) is 14.4 Å². The monoisotopic (exact) mass is 449 g/mol. The molecular weight excluding hydrogens is 414 g/mol. The molecule has 0 aliphatic carbocycles. The molecule has 0 heterocycles. The second-order valence-corrected chi connectivity index (χ2v) is 9.27. The van der Waals surface area contributed by atoms with Gasteiger partial charge in [-0.3, -0.25) is 4.79 Å². The van der Waals surface area contributed by atoms with Crippen LogP contribution in [0, 0.1) is 0 Å². The van der Waals surface area contributed by atoms with Crippen LogP contribution in [0.3, 0.4) is 0 Å². The van der Waals surface area contributed by atoms with Gasteiger partial charge in [0.1, 0.15) is 23.1 Å². The normalized spacial score (nSPS) is 13.8. The Kier molecular flexibility index (Phi) is 9.75. The first-order valence-electron chi connectivity index (χ1n) is 10.4.